The van der Waals surface area contributed by atoms with Crippen molar-refractivity contribution in [1.29, 1.82) is 0 Å². The minimum Gasteiger partial charge on any atom is -0.548 e. The molecule has 1 N–H and O–H groups in total. The average molecular weight is 313 g/mol. The van der Waals surface area contributed by atoms with Crippen LogP contribution in [0.1, 0.15) is 30.6 Å². The fourth-order valence-electron chi connectivity index (χ4n) is 1.53. The fourth-order valence-corrected chi connectivity index (χ4v) is 1.79. The summed E-state index contributed by atoms with van der Waals surface area (Å²) in [7, 11) is 0. The van der Waals surface area contributed by atoms with Crippen LogP contribution in [0.4, 0.5) is 0 Å². The highest BCUT2D eigenvalue weighted by Crippen LogP contribution is 2.11. The van der Waals surface area contributed by atoms with Crippen molar-refractivity contribution in [2.75, 3.05) is 0 Å². The zero-order chi connectivity index (χ0) is 13.7. The molecular formula is C13H15BrNO3-. The number of rotatable bonds is 5. The molecule has 0 aliphatic rings. The first kappa shape index (κ1) is 14.7. The number of halogens is 1. The number of amides is 1. The van der Waals surface area contributed by atoms with Gasteiger partial charge >= 0.3 is 0 Å². The third kappa shape index (κ3) is 4.49. The molecule has 0 heterocycles. The van der Waals surface area contributed by atoms with Crippen molar-refractivity contribution in [3.05, 3.63) is 34.3 Å². The van der Waals surface area contributed by atoms with Crippen LogP contribution in [-0.4, -0.2) is 17.9 Å². The van der Waals surface area contributed by atoms with Crippen LogP contribution in [-0.2, 0) is 4.79 Å². The minimum absolute atomic E-state index is 0.165. The summed E-state index contributed by atoms with van der Waals surface area (Å²) in [6.45, 7) is 3.78. The maximum absolute atomic E-state index is 11.8. The van der Waals surface area contributed by atoms with Crippen molar-refractivity contribution in [2.24, 2.45) is 5.92 Å². The number of aliphatic carboxylic acids is 1. The Kier molecular flexibility index (Phi) is 5.34. The summed E-state index contributed by atoms with van der Waals surface area (Å²) in [6.07, 6.45) is 0.352. The van der Waals surface area contributed by atoms with E-state index in [9.17, 15) is 14.7 Å². The summed E-state index contributed by atoms with van der Waals surface area (Å²) in [5.74, 6) is -1.50. The van der Waals surface area contributed by atoms with Crippen molar-refractivity contribution in [1.82, 2.24) is 5.32 Å². The molecular weight excluding hydrogens is 298 g/mol. The first-order valence-electron chi connectivity index (χ1n) is 5.67. The van der Waals surface area contributed by atoms with E-state index in [0.717, 1.165) is 4.47 Å². The largest absolute Gasteiger partial charge is 0.548 e. The molecule has 98 valence electrons. The van der Waals surface area contributed by atoms with Crippen LogP contribution < -0.4 is 10.4 Å². The van der Waals surface area contributed by atoms with Gasteiger partial charge in [0, 0.05) is 10.0 Å². The molecule has 1 aromatic rings. The Hall–Kier alpha value is -1.36. The summed E-state index contributed by atoms with van der Waals surface area (Å²) < 4.78 is 0.859. The summed E-state index contributed by atoms with van der Waals surface area (Å²) in [5.41, 5.74) is 0.424. The number of hydrogen-bond donors (Lipinski definition) is 1. The van der Waals surface area contributed by atoms with E-state index >= 15 is 0 Å². The molecule has 5 heteroatoms. The lowest BCUT2D eigenvalue weighted by Crippen LogP contribution is -2.48. The smallest absolute Gasteiger partial charge is 0.251 e. The summed E-state index contributed by atoms with van der Waals surface area (Å²) in [4.78, 5) is 22.8. The van der Waals surface area contributed by atoms with Crippen LogP contribution >= 0.6 is 15.9 Å². The van der Waals surface area contributed by atoms with Crippen LogP contribution in [0.15, 0.2) is 28.7 Å². The van der Waals surface area contributed by atoms with Crippen molar-refractivity contribution in [3.63, 3.8) is 0 Å². The third-order valence-corrected chi connectivity index (χ3v) is 2.93. The monoisotopic (exact) mass is 312 g/mol. The van der Waals surface area contributed by atoms with Gasteiger partial charge in [-0.15, -0.1) is 0 Å². The third-order valence-electron chi connectivity index (χ3n) is 2.40. The molecule has 0 unspecified atom stereocenters. The zero-order valence-corrected chi connectivity index (χ0v) is 11.9. The van der Waals surface area contributed by atoms with Gasteiger partial charge in [-0.3, -0.25) is 4.79 Å². The standard InChI is InChI=1S/C13H16BrNO3/c1-8(2)7-11(13(17)18)15-12(16)9-3-5-10(14)6-4-9/h3-6,8,11H,7H2,1-2H3,(H,15,16)(H,17,18)/p-1/t11-/m1/s1. The number of carbonyl (C=O) groups is 2. The second-order valence-electron chi connectivity index (χ2n) is 4.48. The van der Waals surface area contributed by atoms with E-state index < -0.39 is 17.9 Å². The van der Waals surface area contributed by atoms with Crippen LogP contribution in [0.5, 0.6) is 0 Å². The second-order valence-corrected chi connectivity index (χ2v) is 5.40. The average Bonchev–Trinajstić information content (AvgIpc) is 2.28. The topological polar surface area (TPSA) is 69.2 Å². The number of carboxylic acid groups (broad SMARTS) is 1. The predicted molar refractivity (Wildman–Crippen MR) is 69.9 cm³/mol. The minimum atomic E-state index is -1.26. The molecule has 0 aliphatic heterocycles. The van der Waals surface area contributed by atoms with Gasteiger partial charge in [-0.25, -0.2) is 0 Å². The number of carboxylic acids is 1. The van der Waals surface area contributed by atoms with Gasteiger partial charge in [0.05, 0.1) is 12.0 Å². The normalized spacial score (nSPS) is 12.2. The molecule has 0 saturated heterocycles. The number of nitrogens with one attached hydrogen (secondary N) is 1. The highest BCUT2D eigenvalue weighted by atomic mass is 79.9. The van der Waals surface area contributed by atoms with E-state index in [4.69, 9.17) is 0 Å². The Morgan fingerprint density at radius 2 is 1.83 bits per heavy atom. The molecule has 1 amide bonds. The van der Waals surface area contributed by atoms with Crippen molar-refractivity contribution < 1.29 is 14.7 Å². The van der Waals surface area contributed by atoms with Gasteiger partial charge in [0.15, 0.2) is 0 Å². The van der Waals surface area contributed by atoms with Crippen LogP contribution in [0.2, 0.25) is 0 Å². The van der Waals surface area contributed by atoms with E-state index in [2.05, 4.69) is 21.2 Å². The lowest BCUT2D eigenvalue weighted by molar-refractivity contribution is -0.308. The van der Waals surface area contributed by atoms with E-state index in [1.165, 1.54) is 0 Å². The summed E-state index contributed by atoms with van der Waals surface area (Å²) in [6, 6.07) is 5.75. The number of benzene rings is 1. The van der Waals surface area contributed by atoms with Crippen molar-refractivity contribution >= 4 is 27.8 Å². The molecule has 0 radical (unpaired) electrons. The molecule has 0 spiro atoms. The lowest BCUT2D eigenvalue weighted by atomic mass is 10.0. The van der Waals surface area contributed by atoms with Crippen LogP contribution in [0, 0.1) is 5.92 Å². The Morgan fingerprint density at radius 1 is 1.28 bits per heavy atom. The van der Waals surface area contributed by atoms with Gasteiger partial charge in [-0.05, 0) is 36.6 Å². The highest BCUT2D eigenvalue weighted by molar-refractivity contribution is 9.10. The molecule has 1 rings (SSSR count). The van der Waals surface area contributed by atoms with Crippen molar-refractivity contribution in [2.45, 2.75) is 26.3 Å². The van der Waals surface area contributed by atoms with Gasteiger partial charge < -0.3 is 15.2 Å². The van der Waals surface area contributed by atoms with E-state index in [0.29, 0.717) is 12.0 Å². The maximum atomic E-state index is 11.8. The molecule has 18 heavy (non-hydrogen) atoms. The molecule has 1 aromatic carbocycles. The van der Waals surface area contributed by atoms with Crippen LogP contribution in [0.25, 0.3) is 0 Å². The number of carbonyl (C=O) groups excluding carboxylic acids is 2. The molecule has 1 atom stereocenters. The maximum Gasteiger partial charge on any atom is 0.251 e. The first-order chi connectivity index (χ1) is 8.40. The van der Waals surface area contributed by atoms with Crippen molar-refractivity contribution in [3.8, 4) is 0 Å². The highest BCUT2D eigenvalue weighted by Gasteiger charge is 2.16. The van der Waals surface area contributed by atoms with Gasteiger partial charge in [-0.2, -0.15) is 0 Å². The van der Waals surface area contributed by atoms with Gasteiger partial charge in [0.1, 0.15) is 0 Å². The molecule has 0 bridgehead atoms. The Bertz CT molecular complexity index is 428. The summed E-state index contributed by atoms with van der Waals surface area (Å²) >= 11 is 3.27. The SMILES string of the molecule is CC(C)C[C@@H](NC(=O)c1ccc(Br)cc1)C(=O)[O-]. The molecule has 0 aliphatic carbocycles. The number of hydrogen-bond acceptors (Lipinski definition) is 3. The Morgan fingerprint density at radius 3 is 2.28 bits per heavy atom. The molecule has 0 fully saturated rings. The predicted octanol–water partition coefficient (Wildman–Crippen LogP) is 1.34. The van der Waals surface area contributed by atoms with E-state index in [1.807, 2.05) is 13.8 Å². The van der Waals surface area contributed by atoms with Gasteiger partial charge in [0.2, 0.25) is 0 Å². The Labute approximate surface area is 115 Å². The Balaban J connectivity index is 2.72. The quantitative estimate of drug-likeness (QED) is 0.892. The molecule has 0 aromatic heterocycles. The van der Waals surface area contributed by atoms with Crippen LogP contribution in [0.3, 0.4) is 0 Å². The second kappa shape index (κ2) is 6.54. The van der Waals surface area contributed by atoms with E-state index in [-0.39, 0.29) is 5.92 Å². The zero-order valence-electron chi connectivity index (χ0n) is 10.3. The molecule has 0 saturated carbocycles. The van der Waals surface area contributed by atoms with Gasteiger partial charge in [-0.1, -0.05) is 29.8 Å². The first-order valence-corrected chi connectivity index (χ1v) is 6.46. The van der Waals surface area contributed by atoms with Gasteiger partial charge in [0.25, 0.3) is 5.91 Å². The lowest BCUT2D eigenvalue weighted by Gasteiger charge is -2.21. The molecule has 4 nitrogen and oxygen atoms in total. The summed E-state index contributed by atoms with van der Waals surface area (Å²) in [5, 5.41) is 13.4. The van der Waals surface area contributed by atoms with E-state index in [1.54, 1.807) is 24.3 Å². The fraction of sp³-hybridized carbons (Fsp3) is 0.385.